The standard InChI is InChI=1S/C22H25N3O3/c1-2-22(16-26)10-6-12-25(22)21(27)17-7-5-8-19(13-17)28-15-18-14-24-11-4-3-9-20(24)23-18/h3-5,7-9,11,13-14,26H,2,6,10,12,15-16H2,1H3. The molecule has 3 aromatic rings. The Bertz CT molecular complexity index is 945. The quantitative estimate of drug-likeness (QED) is 0.714. The highest BCUT2D eigenvalue weighted by molar-refractivity contribution is 5.95. The first-order valence-corrected chi connectivity index (χ1v) is 9.73. The summed E-state index contributed by atoms with van der Waals surface area (Å²) in [6.45, 7) is 3.04. The number of likely N-dealkylation sites (tertiary alicyclic amines) is 1. The van der Waals surface area contributed by atoms with Gasteiger partial charge in [-0.3, -0.25) is 4.79 Å². The van der Waals surface area contributed by atoms with E-state index >= 15 is 0 Å². The van der Waals surface area contributed by atoms with Crippen molar-refractivity contribution in [1.82, 2.24) is 14.3 Å². The molecule has 1 fully saturated rings. The van der Waals surface area contributed by atoms with Crippen LogP contribution in [0.3, 0.4) is 0 Å². The lowest BCUT2D eigenvalue weighted by Crippen LogP contribution is -2.49. The molecule has 0 radical (unpaired) electrons. The summed E-state index contributed by atoms with van der Waals surface area (Å²) >= 11 is 0. The van der Waals surface area contributed by atoms with E-state index in [2.05, 4.69) is 4.98 Å². The maximum atomic E-state index is 13.1. The van der Waals surface area contributed by atoms with E-state index in [1.807, 2.05) is 58.9 Å². The number of aliphatic hydroxyl groups is 1. The Hall–Kier alpha value is -2.86. The molecule has 1 saturated heterocycles. The van der Waals surface area contributed by atoms with E-state index in [-0.39, 0.29) is 12.5 Å². The van der Waals surface area contributed by atoms with Crippen LogP contribution in [0.2, 0.25) is 0 Å². The number of amides is 1. The number of ether oxygens (including phenoxy) is 1. The first-order valence-electron chi connectivity index (χ1n) is 9.73. The molecule has 6 heteroatoms. The summed E-state index contributed by atoms with van der Waals surface area (Å²) in [5, 5.41) is 9.88. The van der Waals surface area contributed by atoms with Gasteiger partial charge >= 0.3 is 0 Å². The molecule has 6 nitrogen and oxygen atoms in total. The van der Waals surface area contributed by atoms with Crippen molar-refractivity contribution in [2.75, 3.05) is 13.2 Å². The minimum absolute atomic E-state index is 0.000679. The van der Waals surface area contributed by atoms with Crippen LogP contribution in [-0.2, 0) is 6.61 Å². The van der Waals surface area contributed by atoms with Crippen LogP contribution in [0, 0.1) is 0 Å². The van der Waals surface area contributed by atoms with E-state index in [1.165, 1.54) is 0 Å². The predicted molar refractivity (Wildman–Crippen MR) is 106 cm³/mol. The number of nitrogens with zero attached hydrogens (tertiary/aromatic N) is 3. The van der Waals surface area contributed by atoms with Crippen LogP contribution in [0.1, 0.15) is 42.2 Å². The summed E-state index contributed by atoms with van der Waals surface area (Å²) in [6, 6.07) is 13.1. The summed E-state index contributed by atoms with van der Waals surface area (Å²) in [5.74, 6) is 0.583. The Morgan fingerprint density at radius 1 is 1.29 bits per heavy atom. The molecular weight excluding hydrogens is 354 g/mol. The van der Waals surface area contributed by atoms with E-state index in [1.54, 1.807) is 12.1 Å². The zero-order valence-corrected chi connectivity index (χ0v) is 16.0. The van der Waals surface area contributed by atoms with Crippen molar-refractivity contribution >= 4 is 11.6 Å². The molecule has 0 aliphatic carbocycles. The molecule has 1 amide bonds. The molecule has 2 aromatic heterocycles. The molecule has 28 heavy (non-hydrogen) atoms. The maximum absolute atomic E-state index is 13.1. The molecule has 1 aromatic carbocycles. The van der Waals surface area contributed by atoms with Gasteiger partial charge in [0.1, 0.15) is 18.0 Å². The van der Waals surface area contributed by atoms with Crippen LogP contribution >= 0.6 is 0 Å². The van der Waals surface area contributed by atoms with Gasteiger partial charge in [-0.1, -0.05) is 19.1 Å². The number of aliphatic hydroxyl groups excluding tert-OH is 1. The lowest BCUT2D eigenvalue weighted by Gasteiger charge is -2.36. The summed E-state index contributed by atoms with van der Waals surface area (Å²) in [6.07, 6.45) is 6.40. The van der Waals surface area contributed by atoms with Crippen molar-refractivity contribution in [3.8, 4) is 5.75 Å². The van der Waals surface area contributed by atoms with Crippen LogP contribution in [0.15, 0.2) is 54.9 Å². The van der Waals surface area contributed by atoms with Crippen LogP contribution < -0.4 is 4.74 Å². The summed E-state index contributed by atoms with van der Waals surface area (Å²) in [4.78, 5) is 19.4. The lowest BCUT2D eigenvalue weighted by atomic mass is 9.93. The largest absolute Gasteiger partial charge is 0.487 e. The van der Waals surface area contributed by atoms with Crippen LogP contribution in [0.4, 0.5) is 0 Å². The fourth-order valence-corrected chi connectivity index (χ4v) is 3.99. The van der Waals surface area contributed by atoms with Gasteiger partial charge < -0.3 is 19.1 Å². The second-order valence-corrected chi connectivity index (χ2v) is 7.31. The minimum Gasteiger partial charge on any atom is -0.487 e. The molecule has 1 aliphatic heterocycles. The highest BCUT2D eigenvalue weighted by atomic mass is 16.5. The number of fused-ring (bicyclic) bond motifs is 1. The third kappa shape index (κ3) is 3.36. The van der Waals surface area contributed by atoms with Crippen molar-refractivity contribution in [1.29, 1.82) is 0 Å². The fraction of sp³-hybridized carbons (Fsp3) is 0.364. The zero-order valence-electron chi connectivity index (χ0n) is 16.0. The molecule has 0 saturated carbocycles. The molecule has 4 rings (SSSR count). The van der Waals surface area contributed by atoms with Crippen molar-refractivity contribution in [2.24, 2.45) is 0 Å². The van der Waals surface area contributed by atoms with Gasteiger partial charge in [0, 0.05) is 24.5 Å². The average Bonchev–Trinajstić information content (AvgIpc) is 3.36. The first kappa shape index (κ1) is 18.5. The van der Waals surface area contributed by atoms with E-state index in [0.29, 0.717) is 24.5 Å². The predicted octanol–water partition coefficient (Wildman–Crippen LogP) is 3.29. The Balaban J connectivity index is 1.49. The number of aromatic nitrogens is 2. The molecule has 1 N–H and O–H groups in total. The molecule has 146 valence electrons. The molecule has 1 aliphatic rings. The molecule has 0 bridgehead atoms. The smallest absolute Gasteiger partial charge is 0.254 e. The number of rotatable bonds is 6. The second-order valence-electron chi connectivity index (χ2n) is 7.31. The zero-order chi connectivity index (χ0) is 19.6. The monoisotopic (exact) mass is 379 g/mol. The van der Waals surface area contributed by atoms with Crippen molar-refractivity contribution in [3.63, 3.8) is 0 Å². The fourth-order valence-electron chi connectivity index (χ4n) is 3.99. The number of carbonyl (C=O) groups is 1. The highest BCUT2D eigenvalue weighted by Crippen LogP contribution is 2.33. The SMILES string of the molecule is CCC1(CO)CCCN1C(=O)c1cccc(OCc2cn3ccccc3n2)c1. The maximum Gasteiger partial charge on any atom is 0.254 e. The Morgan fingerprint density at radius 3 is 2.96 bits per heavy atom. The van der Waals surface area contributed by atoms with Crippen molar-refractivity contribution < 1.29 is 14.6 Å². The molecule has 1 unspecified atom stereocenters. The van der Waals surface area contributed by atoms with Gasteiger partial charge in [0.2, 0.25) is 0 Å². The first-order chi connectivity index (χ1) is 13.6. The van der Waals surface area contributed by atoms with Crippen LogP contribution in [-0.4, -0.2) is 44.0 Å². The number of carbonyl (C=O) groups excluding carboxylic acids is 1. The number of benzene rings is 1. The highest BCUT2D eigenvalue weighted by Gasteiger charge is 2.41. The molecule has 1 atom stereocenters. The van der Waals surface area contributed by atoms with Crippen molar-refractivity contribution in [2.45, 2.75) is 38.3 Å². The van der Waals surface area contributed by atoms with Crippen LogP contribution in [0.5, 0.6) is 5.75 Å². The van der Waals surface area contributed by atoms with Gasteiger partial charge in [-0.05, 0) is 49.6 Å². The van der Waals surface area contributed by atoms with Gasteiger partial charge in [0.15, 0.2) is 0 Å². The van der Waals surface area contributed by atoms with Gasteiger partial charge in [-0.25, -0.2) is 4.98 Å². The third-order valence-electron chi connectivity index (χ3n) is 5.68. The molecular formula is C22H25N3O3. The Labute approximate surface area is 164 Å². The topological polar surface area (TPSA) is 67.1 Å². The van der Waals surface area contributed by atoms with E-state index in [0.717, 1.165) is 30.6 Å². The normalized spacial score (nSPS) is 19.3. The van der Waals surface area contributed by atoms with Gasteiger partial charge in [0.05, 0.1) is 17.8 Å². The second kappa shape index (κ2) is 7.64. The van der Waals surface area contributed by atoms with E-state index in [4.69, 9.17) is 4.74 Å². The van der Waals surface area contributed by atoms with Gasteiger partial charge in [-0.15, -0.1) is 0 Å². The van der Waals surface area contributed by atoms with E-state index < -0.39 is 5.54 Å². The Morgan fingerprint density at radius 2 is 2.18 bits per heavy atom. The lowest BCUT2D eigenvalue weighted by molar-refractivity contribution is 0.0397. The molecule has 3 heterocycles. The van der Waals surface area contributed by atoms with E-state index in [9.17, 15) is 9.90 Å². The Kier molecular flexibility index (Phi) is 5.05. The van der Waals surface area contributed by atoms with Gasteiger partial charge in [-0.2, -0.15) is 0 Å². The number of imidazole rings is 1. The van der Waals surface area contributed by atoms with Crippen LogP contribution in [0.25, 0.3) is 5.65 Å². The summed E-state index contributed by atoms with van der Waals surface area (Å²) < 4.78 is 7.83. The summed E-state index contributed by atoms with van der Waals surface area (Å²) in [5.41, 5.74) is 1.84. The minimum atomic E-state index is -0.440. The van der Waals surface area contributed by atoms with Gasteiger partial charge in [0.25, 0.3) is 5.91 Å². The molecule has 0 spiro atoms. The van der Waals surface area contributed by atoms with Crippen molar-refractivity contribution in [3.05, 3.63) is 66.1 Å². The summed E-state index contributed by atoms with van der Waals surface area (Å²) in [7, 11) is 0. The number of hydrogen-bond acceptors (Lipinski definition) is 4. The number of hydrogen-bond donors (Lipinski definition) is 1. The average molecular weight is 379 g/mol. The third-order valence-corrected chi connectivity index (χ3v) is 5.68. The number of pyridine rings is 1.